The van der Waals surface area contributed by atoms with Crippen LogP contribution in [0.15, 0.2) is 0 Å². The van der Waals surface area contributed by atoms with E-state index in [2.05, 4.69) is 12.2 Å². The number of nitrogens with one attached hydrogen (secondary N) is 1. The first kappa shape index (κ1) is 15.8. The SMILES string of the molecule is CNC(C)CCCOCCCOCCOC. The highest BCUT2D eigenvalue weighted by atomic mass is 16.5. The predicted octanol–water partition coefficient (Wildman–Crippen LogP) is 1.44. The van der Waals surface area contributed by atoms with Gasteiger partial charge in [-0.15, -0.1) is 0 Å². The summed E-state index contributed by atoms with van der Waals surface area (Å²) in [5.41, 5.74) is 0. The number of methoxy groups -OCH3 is 1. The minimum Gasteiger partial charge on any atom is -0.382 e. The van der Waals surface area contributed by atoms with Crippen LogP contribution in [0.4, 0.5) is 0 Å². The van der Waals surface area contributed by atoms with Crippen LogP contribution in [-0.4, -0.2) is 53.2 Å². The molecule has 0 aromatic rings. The predicted molar refractivity (Wildman–Crippen MR) is 65.9 cm³/mol. The summed E-state index contributed by atoms with van der Waals surface area (Å²) < 4.78 is 15.7. The summed E-state index contributed by atoms with van der Waals surface area (Å²) in [6, 6.07) is 0.584. The summed E-state index contributed by atoms with van der Waals surface area (Å²) in [6.07, 6.45) is 3.25. The van der Waals surface area contributed by atoms with Gasteiger partial charge in [0.2, 0.25) is 0 Å². The van der Waals surface area contributed by atoms with Crippen LogP contribution in [0.1, 0.15) is 26.2 Å². The second-order valence-electron chi connectivity index (χ2n) is 3.90. The maximum atomic E-state index is 5.50. The third-order valence-electron chi connectivity index (χ3n) is 2.43. The molecule has 0 fully saturated rings. The van der Waals surface area contributed by atoms with Crippen molar-refractivity contribution in [1.29, 1.82) is 0 Å². The van der Waals surface area contributed by atoms with Gasteiger partial charge < -0.3 is 19.5 Å². The molecule has 0 aliphatic heterocycles. The molecule has 0 aromatic carbocycles. The largest absolute Gasteiger partial charge is 0.382 e. The van der Waals surface area contributed by atoms with Crippen LogP contribution in [0.5, 0.6) is 0 Å². The van der Waals surface area contributed by atoms with Crippen molar-refractivity contribution in [1.82, 2.24) is 5.32 Å². The Hall–Kier alpha value is -0.160. The van der Waals surface area contributed by atoms with Gasteiger partial charge in [0.1, 0.15) is 0 Å². The fraction of sp³-hybridized carbons (Fsp3) is 1.00. The van der Waals surface area contributed by atoms with Crippen LogP contribution >= 0.6 is 0 Å². The molecule has 0 saturated heterocycles. The maximum absolute atomic E-state index is 5.50. The maximum Gasteiger partial charge on any atom is 0.0700 e. The van der Waals surface area contributed by atoms with Crippen LogP contribution in [-0.2, 0) is 14.2 Å². The lowest BCUT2D eigenvalue weighted by Gasteiger charge is -2.09. The highest BCUT2D eigenvalue weighted by Gasteiger charge is 1.97. The summed E-state index contributed by atoms with van der Waals surface area (Å²) in [6.45, 7) is 5.93. The van der Waals surface area contributed by atoms with Crippen molar-refractivity contribution in [3.8, 4) is 0 Å². The fourth-order valence-corrected chi connectivity index (χ4v) is 1.25. The molecule has 0 rings (SSSR count). The Morgan fingerprint density at radius 2 is 1.56 bits per heavy atom. The van der Waals surface area contributed by atoms with Crippen molar-refractivity contribution >= 4 is 0 Å². The molecule has 1 unspecified atom stereocenters. The zero-order valence-electron chi connectivity index (χ0n) is 11.0. The first-order valence-corrected chi connectivity index (χ1v) is 6.13. The first-order valence-electron chi connectivity index (χ1n) is 6.13. The van der Waals surface area contributed by atoms with Crippen LogP contribution < -0.4 is 5.32 Å². The lowest BCUT2D eigenvalue weighted by molar-refractivity contribution is 0.0506. The van der Waals surface area contributed by atoms with Gasteiger partial charge in [0.05, 0.1) is 13.2 Å². The van der Waals surface area contributed by atoms with Crippen molar-refractivity contribution in [2.24, 2.45) is 0 Å². The molecule has 16 heavy (non-hydrogen) atoms. The Balaban J connectivity index is 2.93. The van der Waals surface area contributed by atoms with Gasteiger partial charge in [-0.3, -0.25) is 0 Å². The van der Waals surface area contributed by atoms with Gasteiger partial charge in [-0.2, -0.15) is 0 Å². The molecule has 0 saturated carbocycles. The Morgan fingerprint density at radius 1 is 0.938 bits per heavy atom. The van der Waals surface area contributed by atoms with Gasteiger partial charge in [-0.25, -0.2) is 0 Å². The summed E-state index contributed by atoms with van der Waals surface area (Å²) in [5.74, 6) is 0. The Kier molecular flexibility index (Phi) is 12.8. The topological polar surface area (TPSA) is 39.7 Å². The smallest absolute Gasteiger partial charge is 0.0700 e. The van der Waals surface area contributed by atoms with Crippen molar-refractivity contribution in [3.05, 3.63) is 0 Å². The molecule has 98 valence electrons. The minimum atomic E-state index is 0.584. The van der Waals surface area contributed by atoms with Crippen LogP contribution in [0.2, 0.25) is 0 Å². The van der Waals surface area contributed by atoms with E-state index in [1.165, 1.54) is 6.42 Å². The molecule has 0 aliphatic carbocycles. The van der Waals surface area contributed by atoms with E-state index in [0.717, 1.165) is 32.7 Å². The van der Waals surface area contributed by atoms with Crippen molar-refractivity contribution < 1.29 is 14.2 Å². The minimum absolute atomic E-state index is 0.584. The molecule has 1 atom stereocenters. The van der Waals surface area contributed by atoms with Gasteiger partial charge in [-0.05, 0) is 33.2 Å². The summed E-state index contributed by atoms with van der Waals surface area (Å²) in [4.78, 5) is 0. The molecular formula is C12H27NO3. The summed E-state index contributed by atoms with van der Waals surface area (Å²) in [5, 5.41) is 3.21. The van der Waals surface area contributed by atoms with E-state index in [0.29, 0.717) is 19.3 Å². The molecule has 4 nitrogen and oxygen atoms in total. The van der Waals surface area contributed by atoms with Crippen molar-refractivity contribution in [2.45, 2.75) is 32.2 Å². The number of hydrogen-bond acceptors (Lipinski definition) is 4. The third kappa shape index (κ3) is 11.9. The van der Waals surface area contributed by atoms with Gasteiger partial charge in [0.25, 0.3) is 0 Å². The average Bonchev–Trinajstić information content (AvgIpc) is 2.31. The fourth-order valence-electron chi connectivity index (χ4n) is 1.25. The first-order chi connectivity index (χ1) is 7.81. The molecule has 0 heterocycles. The third-order valence-corrected chi connectivity index (χ3v) is 2.43. The number of ether oxygens (including phenoxy) is 3. The zero-order chi connectivity index (χ0) is 12.1. The molecule has 1 N–H and O–H groups in total. The van der Waals surface area contributed by atoms with E-state index in [4.69, 9.17) is 14.2 Å². The molecule has 0 radical (unpaired) electrons. The van der Waals surface area contributed by atoms with Gasteiger partial charge in [0.15, 0.2) is 0 Å². The van der Waals surface area contributed by atoms with E-state index in [1.807, 2.05) is 7.05 Å². The lowest BCUT2D eigenvalue weighted by Crippen LogP contribution is -2.21. The van der Waals surface area contributed by atoms with E-state index in [9.17, 15) is 0 Å². The number of rotatable bonds is 12. The second-order valence-corrected chi connectivity index (χ2v) is 3.90. The van der Waals surface area contributed by atoms with E-state index < -0.39 is 0 Å². The molecule has 0 aromatic heterocycles. The van der Waals surface area contributed by atoms with E-state index in [-0.39, 0.29) is 0 Å². The molecule has 0 amide bonds. The van der Waals surface area contributed by atoms with Crippen molar-refractivity contribution in [3.63, 3.8) is 0 Å². The Bertz CT molecular complexity index is 133. The zero-order valence-corrected chi connectivity index (χ0v) is 11.0. The van der Waals surface area contributed by atoms with Gasteiger partial charge in [0, 0.05) is 33.0 Å². The quantitative estimate of drug-likeness (QED) is 0.518. The molecular weight excluding hydrogens is 206 g/mol. The Morgan fingerprint density at radius 3 is 2.19 bits per heavy atom. The Labute approximate surface area is 99.6 Å². The normalized spacial score (nSPS) is 12.9. The van der Waals surface area contributed by atoms with Crippen molar-refractivity contribution in [2.75, 3.05) is 47.2 Å². The van der Waals surface area contributed by atoms with Crippen LogP contribution in [0.3, 0.4) is 0 Å². The van der Waals surface area contributed by atoms with Gasteiger partial charge >= 0.3 is 0 Å². The summed E-state index contributed by atoms with van der Waals surface area (Å²) in [7, 11) is 3.67. The monoisotopic (exact) mass is 233 g/mol. The molecule has 0 bridgehead atoms. The van der Waals surface area contributed by atoms with Gasteiger partial charge in [-0.1, -0.05) is 0 Å². The second kappa shape index (κ2) is 12.9. The molecule has 0 aliphatic rings. The van der Waals surface area contributed by atoms with Crippen LogP contribution in [0, 0.1) is 0 Å². The molecule has 0 spiro atoms. The highest BCUT2D eigenvalue weighted by Crippen LogP contribution is 1.96. The standard InChI is InChI=1S/C12H27NO3/c1-12(13-2)6-4-7-15-8-5-9-16-11-10-14-3/h12-13H,4-11H2,1-3H3. The summed E-state index contributed by atoms with van der Waals surface area (Å²) >= 11 is 0. The van der Waals surface area contributed by atoms with E-state index >= 15 is 0 Å². The van der Waals surface area contributed by atoms with E-state index in [1.54, 1.807) is 7.11 Å². The lowest BCUT2D eigenvalue weighted by atomic mass is 10.2. The van der Waals surface area contributed by atoms with Crippen LogP contribution in [0.25, 0.3) is 0 Å². The molecule has 4 heteroatoms. The number of hydrogen-bond donors (Lipinski definition) is 1. The average molecular weight is 233 g/mol. The highest BCUT2D eigenvalue weighted by molar-refractivity contribution is 4.55.